The normalized spacial score (nSPS) is 24.4. The molecule has 0 aromatic heterocycles. The van der Waals surface area contributed by atoms with Crippen molar-refractivity contribution in [3.05, 3.63) is 0 Å². The summed E-state index contributed by atoms with van der Waals surface area (Å²) >= 11 is 2.29. The Morgan fingerprint density at radius 3 is 2.15 bits per heavy atom. The second kappa shape index (κ2) is 10.1. The first-order chi connectivity index (χ1) is 9.90. The molecule has 2 heteroatoms. The molecule has 2 rings (SSSR count). The van der Waals surface area contributed by atoms with Crippen LogP contribution in [-0.4, -0.2) is 23.6 Å². The summed E-state index contributed by atoms with van der Waals surface area (Å²) in [5.74, 6) is 2.33. The van der Waals surface area contributed by atoms with Crippen LogP contribution < -0.4 is 5.32 Å². The number of thioether (sulfide) groups is 1. The summed E-state index contributed by atoms with van der Waals surface area (Å²) in [6.07, 6.45) is 17.5. The van der Waals surface area contributed by atoms with Gasteiger partial charge in [0.15, 0.2) is 0 Å². The van der Waals surface area contributed by atoms with Gasteiger partial charge >= 0.3 is 0 Å². The molecule has 0 spiro atoms. The third-order valence-corrected chi connectivity index (χ3v) is 6.68. The molecule has 2 fully saturated rings. The van der Waals surface area contributed by atoms with Gasteiger partial charge in [0.2, 0.25) is 0 Å². The highest BCUT2D eigenvalue weighted by molar-refractivity contribution is 7.99. The first-order valence-electron chi connectivity index (χ1n) is 9.25. The van der Waals surface area contributed by atoms with Crippen LogP contribution in [0.5, 0.6) is 0 Å². The molecule has 0 aromatic rings. The van der Waals surface area contributed by atoms with Gasteiger partial charge in [-0.05, 0) is 44.6 Å². The highest BCUT2D eigenvalue weighted by atomic mass is 32.2. The van der Waals surface area contributed by atoms with E-state index in [1.807, 2.05) is 0 Å². The Bertz CT molecular complexity index is 230. The van der Waals surface area contributed by atoms with E-state index < -0.39 is 0 Å². The summed E-state index contributed by atoms with van der Waals surface area (Å²) in [7, 11) is 0. The summed E-state index contributed by atoms with van der Waals surface area (Å²) in [4.78, 5) is 0. The van der Waals surface area contributed by atoms with Crippen LogP contribution in [0.1, 0.15) is 84.0 Å². The van der Waals surface area contributed by atoms with Crippen LogP contribution >= 0.6 is 11.8 Å². The molecular formula is C18H35NS. The summed E-state index contributed by atoms with van der Waals surface area (Å²) in [6.45, 7) is 3.51. The molecule has 2 aliphatic carbocycles. The lowest BCUT2D eigenvalue weighted by atomic mass is 9.93. The van der Waals surface area contributed by atoms with Crippen molar-refractivity contribution in [2.24, 2.45) is 5.92 Å². The van der Waals surface area contributed by atoms with Crippen LogP contribution in [0.3, 0.4) is 0 Å². The quantitative estimate of drug-likeness (QED) is 0.632. The predicted octanol–water partition coefficient (Wildman–Crippen LogP) is 5.39. The van der Waals surface area contributed by atoms with Crippen molar-refractivity contribution >= 4 is 11.8 Å². The topological polar surface area (TPSA) is 12.0 Å². The van der Waals surface area contributed by atoms with E-state index in [0.29, 0.717) is 0 Å². The molecule has 1 N–H and O–H groups in total. The van der Waals surface area contributed by atoms with Crippen LogP contribution in [0.25, 0.3) is 0 Å². The van der Waals surface area contributed by atoms with Crippen molar-refractivity contribution in [2.45, 2.75) is 95.3 Å². The van der Waals surface area contributed by atoms with Crippen LogP contribution in [0.2, 0.25) is 0 Å². The lowest BCUT2D eigenvalue weighted by Gasteiger charge is -2.29. The van der Waals surface area contributed by atoms with E-state index in [2.05, 4.69) is 24.0 Å². The third-order valence-electron chi connectivity index (χ3n) is 5.19. The van der Waals surface area contributed by atoms with Crippen molar-refractivity contribution in [2.75, 3.05) is 12.3 Å². The maximum absolute atomic E-state index is 3.89. The van der Waals surface area contributed by atoms with Crippen LogP contribution in [0.4, 0.5) is 0 Å². The van der Waals surface area contributed by atoms with E-state index >= 15 is 0 Å². The molecule has 0 saturated heterocycles. The summed E-state index contributed by atoms with van der Waals surface area (Å²) in [6, 6.07) is 0.792. The first-order valence-corrected chi connectivity index (χ1v) is 10.3. The molecule has 1 unspecified atom stereocenters. The summed E-state index contributed by atoms with van der Waals surface area (Å²) < 4.78 is 0. The first kappa shape index (κ1) is 16.7. The molecule has 0 aliphatic heterocycles. The molecule has 0 amide bonds. The maximum Gasteiger partial charge on any atom is 0.0186 e. The van der Waals surface area contributed by atoms with E-state index in [1.165, 1.54) is 89.3 Å². The molecule has 1 atom stereocenters. The highest BCUT2D eigenvalue weighted by Crippen LogP contribution is 2.32. The Morgan fingerprint density at radius 2 is 1.50 bits per heavy atom. The van der Waals surface area contributed by atoms with Crippen LogP contribution in [-0.2, 0) is 0 Å². The summed E-state index contributed by atoms with van der Waals surface area (Å²) in [5, 5.41) is 4.86. The van der Waals surface area contributed by atoms with Gasteiger partial charge in [-0.25, -0.2) is 0 Å². The van der Waals surface area contributed by atoms with Gasteiger partial charge in [0, 0.05) is 17.0 Å². The number of hydrogen-bond donors (Lipinski definition) is 1. The van der Waals surface area contributed by atoms with Gasteiger partial charge in [-0.2, -0.15) is 11.8 Å². The monoisotopic (exact) mass is 297 g/mol. The number of hydrogen-bond acceptors (Lipinski definition) is 2. The van der Waals surface area contributed by atoms with E-state index in [0.717, 1.165) is 17.2 Å². The van der Waals surface area contributed by atoms with Crippen molar-refractivity contribution < 1.29 is 0 Å². The molecule has 1 nitrogen and oxygen atoms in total. The average molecular weight is 298 g/mol. The predicted molar refractivity (Wildman–Crippen MR) is 92.6 cm³/mol. The van der Waals surface area contributed by atoms with E-state index in [1.54, 1.807) is 0 Å². The minimum absolute atomic E-state index is 0.792. The van der Waals surface area contributed by atoms with E-state index in [-0.39, 0.29) is 0 Å². The molecule has 118 valence electrons. The minimum atomic E-state index is 0.792. The van der Waals surface area contributed by atoms with Gasteiger partial charge in [-0.1, -0.05) is 51.9 Å². The van der Waals surface area contributed by atoms with Crippen molar-refractivity contribution in [1.29, 1.82) is 0 Å². The van der Waals surface area contributed by atoms with Gasteiger partial charge in [0.25, 0.3) is 0 Å². The molecule has 0 radical (unpaired) electrons. The van der Waals surface area contributed by atoms with E-state index in [9.17, 15) is 0 Å². The molecular weight excluding hydrogens is 262 g/mol. The number of rotatable bonds is 7. The minimum Gasteiger partial charge on any atom is -0.313 e. The maximum atomic E-state index is 3.89. The largest absolute Gasteiger partial charge is 0.313 e. The zero-order chi connectivity index (χ0) is 14.0. The second-order valence-electron chi connectivity index (χ2n) is 6.91. The van der Waals surface area contributed by atoms with Gasteiger partial charge in [0.1, 0.15) is 0 Å². The Balaban J connectivity index is 1.78. The molecule has 2 saturated carbocycles. The third kappa shape index (κ3) is 5.97. The molecule has 0 heterocycles. The zero-order valence-electron chi connectivity index (χ0n) is 13.5. The lowest BCUT2D eigenvalue weighted by Crippen LogP contribution is -2.39. The molecule has 20 heavy (non-hydrogen) atoms. The molecule has 2 aliphatic rings. The number of nitrogens with one attached hydrogen (secondary N) is 1. The fraction of sp³-hybridized carbons (Fsp3) is 1.00. The SMILES string of the molecule is CCCNC(CSC1CCCCC1)C1CCCCCC1. The van der Waals surface area contributed by atoms with E-state index in [4.69, 9.17) is 0 Å². The highest BCUT2D eigenvalue weighted by Gasteiger charge is 2.24. The van der Waals surface area contributed by atoms with Crippen molar-refractivity contribution in [1.82, 2.24) is 5.32 Å². The fourth-order valence-electron chi connectivity index (χ4n) is 3.88. The van der Waals surface area contributed by atoms with Gasteiger partial charge in [-0.3, -0.25) is 0 Å². The van der Waals surface area contributed by atoms with Gasteiger partial charge < -0.3 is 5.32 Å². The Morgan fingerprint density at radius 1 is 0.900 bits per heavy atom. The Labute approximate surface area is 131 Å². The zero-order valence-corrected chi connectivity index (χ0v) is 14.4. The fourth-order valence-corrected chi connectivity index (χ4v) is 5.41. The molecule has 0 bridgehead atoms. The van der Waals surface area contributed by atoms with Crippen molar-refractivity contribution in [3.8, 4) is 0 Å². The summed E-state index contributed by atoms with van der Waals surface area (Å²) in [5.41, 5.74) is 0. The molecule has 0 aromatic carbocycles. The van der Waals surface area contributed by atoms with Crippen LogP contribution in [0.15, 0.2) is 0 Å². The Kier molecular flexibility index (Phi) is 8.43. The standard InChI is InChI=1S/C18H35NS/c1-2-14-19-18(16-10-6-3-4-7-11-16)15-20-17-12-8-5-9-13-17/h16-19H,2-15H2,1H3. The second-order valence-corrected chi connectivity index (χ2v) is 8.24. The van der Waals surface area contributed by atoms with Crippen molar-refractivity contribution in [3.63, 3.8) is 0 Å². The lowest BCUT2D eigenvalue weighted by molar-refractivity contribution is 0.342. The van der Waals surface area contributed by atoms with Gasteiger partial charge in [-0.15, -0.1) is 0 Å². The van der Waals surface area contributed by atoms with Crippen LogP contribution in [0, 0.1) is 5.92 Å². The Hall–Kier alpha value is 0.310. The average Bonchev–Trinajstić information content (AvgIpc) is 2.78. The van der Waals surface area contributed by atoms with Gasteiger partial charge in [0.05, 0.1) is 0 Å². The smallest absolute Gasteiger partial charge is 0.0186 e.